The Labute approximate surface area is 396 Å². The van der Waals surface area contributed by atoms with Crippen LogP contribution >= 0.6 is 0 Å². The Morgan fingerprint density at radius 3 is 1.21 bits per heavy atom. The van der Waals surface area contributed by atoms with Crippen molar-refractivity contribution in [3.63, 3.8) is 0 Å². The summed E-state index contributed by atoms with van der Waals surface area (Å²) in [7, 11) is 0. The smallest absolute Gasteiger partial charge is 0.197 e. The normalized spacial score (nSPS) is 11.5. The summed E-state index contributed by atoms with van der Waals surface area (Å²) >= 11 is 0. The molecule has 0 atom stereocenters. The third kappa shape index (κ3) is 6.96. The molecule has 0 fully saturated rings. The number of aryl methyl sites for hydroxylation is 4. The van der Waals surface area contributed by atoms with Crippen molar-refractivity contribution in [3.05, 3.63) is 240 Å². The fraction of sp³-hybridized carbons (Fsp3) is 0.0625. The Balaban J connectivity index is 1.18. The molecule has 0 amide bonds. The van der Waals surface area contributed by atoms with Crippen LogP contribution < -0.4 is 0 Å². The molecule has 4 heteroatoms. The highest BCUT2D eigenvalue weighted by molar-refractivity contribution is 6.13. The van der Waals surface area contributed by atoms with E-state index >= 15 is 0 Å². The number of fused-ring (bicyclic) bond motifs is 6. The van der Waals surface area contributed by atoms with Crippen LogP contribution in [-0.4, -0.2) is 14.1 Å². The molecule has 12 aromatic rings. The van der Waals surface area contributed by atoms with Crippen LogP contribution in [0.15, 0.2) is 206 Å². The summed E-state index contributed by atoms with van der Waals surface area (Å²) in [6.07, 6.45) is 0. The Morgan fingerprint density at radius 2 is 0.750 bits per heavy atom. The topological polar surface area (TPSA) is 27.1 Å². The molecule has 0 bridgehead atoms. The van der Waals surface area contributed by atoms with E-state index in [9.17, 15) is 0 Å². The second-order valence-corrected chi connectivity index (χ2v) is 18.2. The van der Waals surface area contributed by atoms with Gasteiger partial charge < -0.3 is 9.13 Å². The monoisotopic (exact) mass is 870 g/mol. The maximum atomic E-state index is 8.91. The minimum atomic E-state index is 0.559. The molecule has 0 radical (unpaired) electrons. The van der Waals surface area contributed by atoms with Gasteiger partial charge in [-0.2, -0.15) is 0 Å². The second kappa shape index (κ2) is 16.3. The number of hydrogen-bond donors (Lipinski definition) is 0. The van der Waals surface area contributed by atoms with E-state index in [1.54, 1.807) is 0 Å². The van der Waals surface area contributed by atoms with Crippen LogP contribution in [0.25, 0.3) is 116 Å². The second-order valence-electron chi connectivity index (χ2n) is 18.2. The number of nitrogens with zero attached hydrogens (tertiary/aromatic N) is 4. The van der Waals surface area contributed by atoms with E-state index < -0.39 is 0 Å². The first kappa shape index (κ1) is 40.7. The van der Waals surface area contributed by atoms with E-state index in [2.05, 4.69) is 212 Å². The van der Waals surface area contributed by atoms with E-state index in [-0.39, 0.29) is 0 Å². The lowest BCUT2D eigenvalue weighted by molar-refractivity contribution is 1.10. The minimum absolute atomic E-state index is 0.559. The highest BCUT2D eigenvalue weighted by atomic mass is 15.1. The molecule has 3 aromatic heterocycles. The largest absolute Gasteiger partial charge is 0.308 e. The van der Waals surface area contributed by atoms with Crippen molar-refractivity contribution < 1.29 is 0 Å². The van der Waals surface area contributed by atoms with Gasteiger partial charge in [0, 0.05) is 32.7 Å². The van der Waals surface area contributed by atoms with Gasteiger partial charge in [0.05, 0.1) is 51.4 Å². The zero-order valence-corrected chi connectivity index (χ0v) is 38.4. The SMILES string of the molecule is [C-]#[N+]c1cc(-n2c3ccccc3c3cc(-c4cc(C)cc(C)c4)ccc32)c(-n2c3ccccc3c3cc(-c4cc(C)cc(C)c4)ccc32)cc1-c1cc(-c2ccccc2)nc(-c2ccccc2)c1. The van der Waals surface area contributed by atoms with Crippen molar-refractivity contribution in [3.8, 4) is 67.3 Å². The molecule has 0 saturated carbocycles. The molecule has 4 nitrogen and oxygen atoms in total. The molecule has 0 aliphatic heterocycles. The van der Waals surface area contributed by atoms with Crippen molar-refractivity contribution >= 4 is 49.3 Å². The zero-order valence-electron chi connectivity index (χ0n) is 38.4. The lowest BCUT2D eigenvalue weighted by Crippen LogP contribution is -2.04. The maximum absolute atomic E-state index is 8.91. The highest BCUT2D eigenvalue weighted by Crippen LogP contribution is 2.45. The van der Waals surface area contributed by atoms with E-state index in [0.29, 0.717) is 5.69 Å². The third-order valence-corrected chi connectivity index (χ3v) is 13.4. The number of pyridine rings is 1. The van der Waals surface area contributed by atoms with Gasteiger partial charge in [0.1, 0.15) is 0 Å². The third-order valence-electron chi connectivity index (χ3n) is 13.4. The highest BCUT2D eigenvalue weighted by Gasteiger charge is 2.24. The summed E-state index contributed by atoms with van der Waals surface area (Å²) in [5.74, 6) is 0. The van der Waals surface area contributed by atoms with Crippen LogP contribution in [-0.2, 0) is 0 Å². The fourth-order valence-corrected chi connectivity index (χ4v) is 10.6. The number of aromatic nitrogens is 3. The van der Waals surface area contributed by atoms with Gasteiger partial charge in [0.25, 0.3) is 0 Å². The van der Waals surface area contributed by atoms with Crippen LogP contribution in [0.3, 0.4) is 0 Å². The first-order valence-corrected chi connectivity index (χ1v) is 23.2. The lowest BCUT2D eigenvalue weighted by atomic mass is 9.97. The molecular weight excluding hydrogens is 825 g/mol. The number of benzene rings is 9. The van der Waals surface area contributed by atoms with Gasteiger partial charge in [-0.3, -0.25) is 0 Å². The molecule has 322 valence electrons. The van der Waals surface area contributed by atoms with E-state index in [1.165, 1.54) is 49.9 Å². The van der Waals surface area contributed by atoms with Crippen LogP contribution in [0.5, 0.6) is 0 Å². The van der Waals surface area contributed by atoms with E-state index in [4.69, 9.17) is 11.6 Å². The van der Waals surface area contributed by atoms with Gasteiger partial charge in [-0.25, -0.2) is 9.83 Å². The molecule has 9 aromatic carbocycles. The van der Waals surface area contributed by atoms with Crippen LogP contribution in [0.2, 0.25) is 0 Å². The molecule has 0 N–H and O–H groups in total. The Bertz CT molecular complexity index is 3920. The van der Waals surface area contributed by atoms with Crippen molar-refractivity contribution in [2.24, 2.45) is 0 Å². The van der Waals surface area contributed by atoms with Gasteiger partial charge in [-0.05, 0) is 122 Å². The summed E-state index contributed by atoms with van der Waals surface area (Å²) in [4.78, 5) is 9.60. The lowest BCUT2D eigenvalue weighted by Gasteiger charge is -2.20. The molecule has 12 rings (SSSR count). The number of para-hydroxylation sites is 2. The summed E-state index contributed by atoms with van der Waals surface area (Å²) in [6, 6.07) is 74.1. The van der Waals surface area contributed by atoms with Gasteiger partial charge in [0.15, 0.2) is 5.69 Å². The average Bonchev–Trinajstić information content (AvgIpc) is 3.88. The fourth-order valence-electron chi connectivity index (χ4n) is 10.6. The Hall–Kier alpha value is -8.78. The van der Waals surface area contributed by atoms with Crippen molar-refractivity contribution in [2.45, 2.75) is 27.7 Å². The standard InChI is InChI=1S/C64H46N4/c1-40-28-41(2)31-48(30-40)46-24-26-61-54(34-46)51-20-12-14-22-59(51)67(61)63-38-53(50-36-56(44-16-8-6-9-17-44)66-57(37-50)45-18-10-7-11-19-45)58(65-5)39-64(63)68-60-23-15-13-21-52(60)55-35-47(25-27-62(55)68)49-32-42(3)29-43(4)33-49/h6-39H,1-4H3. The molecule has 0 aliphatic rings. The molecule has 0 saturated heterocycles. The summed E-state index contributed by atoms with van der Waals surface area (Å²) in [5, 5.41) is 4.65. The predicted molar refractivity (Wildman–Crippen MR) is 285 cm³/mol. The van der Waals surface area contributed by atoms with Gasteiger partial charge in [0.2, 0.25) is 0 Å². The first-order valence-electron chi connectivity index (χ1n) is 23.2. The molecule has 0 spiro atoms. The van der Waals surface area contributed by atoms with Gasteiger partial charge >= 0.3 is 0 Å². The van der Waals surface area contributed by atoms with Crippen molar-refractivity contribution in [1.29, 1.82) is 0 Å². The summed E-state index contributed by atoms with van der Waals surface area (Å²) in [5.41, 5.74) is 22.0. The number of hydrogen-bond acceptors (Lipinski definition) is 1. The van der Waals surface area contributed by atoms with Gasteiger partial charge in [-0.15, -0.1) is 0 Å². The van der Waals surface area contributed by atoms with Gasteiger partial charge in [-0.1, -0.05) is 168 Å². The maximum Gasteiger partial charge on any atom is 0.197 e. The van der Waals surface area contributed by atoms with E-state index in [1.807, 2.05) is 36.4 Å². The molecule has 3 heterocycles. The summed E-state index contributed by atoms with van der Waals surface area (Å²) < 4.78 is 4.80. The molecule has 68 heavy (non-hydrogen) atoms. The zero-order chi connectivity index (χ0) is 46.0. The van der Waals surface area contributed by atoms with Crippen LogP contribution in [0.1, 0.15) is 22.3 Å². The minimum Gasteiger partial charge on any atom is -0.308 e. The van der Waals surface area contributed by atoms with Crippen LogP contribution in [0, 0.1) is 34.3 Å². The summed E-state index contributed by atoms with van der Waals surface area (Å²) in [6.45, 7) is 17.6. The molecule has 0 aliphatic carbocycles. The molecular formula is C64H46N4. The van der Waals surface area contributed by atoms with Crippen molar-refractivity contribution in [2.75, 3.05) is 0 Å². The Kier molecular flexibility index (Phi) is 9.74. The first-order chi connectivity index (χ1) is 33.3. The average molecular weight is 871 g/mol. The Morgan fingerprint density at radius 1 is 0.338 bits per heavy atom. The van der Waals surface area contributed by atoms with Crippen LogP contribution in [0.4, 0.5) is 5.69 Å². The van der Waals surface area contributed by atoms with Crippen molar-refractivity contribution in [1.82, 2.24) is 14.1 Å². The number of rotatable bonds is 7. The quantitative estimate of drug-likeness (QED) is 0.147. The predicted octanol–water partition coefficient (Wildman–Crippen LogP) is 17.4. The molecule has 0 unspecified atom stereocenters. The van der Waals surface area contributed by atoms with E-state index in [0.717, 1.165) is 83.2 Å².